The van der Waals surface area contributed by atoms with Gasteiger partial charge in [0.25, 0.3) is 11.5 Å². The molecule has 1 aliphatic heterocycles. The summed E-state index contributed by atoms with van der Waals surface area (Å²) in [7, 11) is 0. The predicted octanol–water partition coefficient (Wildman–Crippen LogP) is 0.465. The normalized spacial score (nSPS) is 18.2. The fourth-order valence-corrected chi connectivity index (χ4v) is 2.58. The van der Waals surface area contributed by atoms with E-state index in [9.17, 15) is 9.59 Å². The van der Waals surface area contributed by atoms with Gasteiger partial charge in [-0.3, -0.25) is 9.59 Å². The Kier molecular flexibility index (Phi) is 3.90. The number of amides is 1. The van der Waals surface area contributed by atoms with Crippen molar-refractivity contribution in [2.75, 3.05) is 18.0 Å². The molecule has 8 nitrogen and oxygen atoms in total. The number of nitrogens with one attached hydrogen (secondary N) is 2. The minimum Gasteiger partial charge on any atom is -0.351 e. The van der Waals surface area contributed by atoms with Gasteiger partial charge in [0.15, 0.2) is 5.82 Å². The van der Waals surface area contributed by atoms with E-state index in [-0.39, 0.29) is 23.3 Å². The minimum absolute atomic E-state index is 0.0620. The van der Waals surface area contributed by atoms with Crippen LogP contribution in [0.15, 0.2) is 27.8 Å². The molecule has 0 aliphatic carbocycles. The summed E-state index contributed by atoms with van der Waals surface area (Å²) < 4.78 is 4.96. The summed E-state index contributed by atoms with van der Waals surface area (Å²) in [4.78, 5) is 32.5. The highest BCUT2D eigenvalue weighted by Crippen LogP contribution is 2.15. The number of carbonyl (C=O) groups excluding carboxylic acids is 1. The van der Waals surface area contributed by atoms with Gasteiger partial charge in [-0.15, -0.1) is 0 Å². The molecule has 2 aromatic rings. The van der Waals surface area contributed by atoms with Crippen LogP contribution in [0, 0.1) is 6.92 Å². The van der Waals surface area contributed by atoms with E-state index < -0.39 is 0 Å². The molecule has 3 heterocycles. The molecule has 22 heavy (non-hydrogen) atoms. The fraction of sp³-hybridized carbons (Fsp3) is 0.429. The Morgan fingerprint density at radius 3 is 3.14 bits per heavy atom. The van der Waals surface area contributed by atoms with Crippen molar-refractivity contribution in [3.05, 3.63) is 40.3 Å². The highest BCUT2D eigenvalue weighted by molar-refractivity contribution is 5.91. The molecule has 8 heteroatoms. The zero-order chi connectivity index (χ0) is 15.5. The van der Waals surface area contributed by atoms with Crippen LogP contribution in [0.5, 0.6) is 0 Å². The number of nitrogens with zero attached hydrogens (tertiary/aromatic N) is 3. The molecule has 1 atom stereocenters. The maximum atomic E-state index is 12.1. The standard InChI is InChI=1S/C14H17N5O3/c1-9-7-11(22-18-9)13(20)17-10-3-2-6-19(8-10)12-14(21)16-5-4-15-12/h4-5,7,10H,2-3,6,8H2,1H3,(H,16,21)(H,17,20)/t10-/m1/s1. The number of aromatic nitrogens is 3. The van der Waals surface area contributed by atoms with E-state index >= 15 is 0 Å². The third-order valence-electron chi connectivity index (χ3n) is 3.60. The SMILES string of the molecule is Cc1cc(C(=O)N[C@@H]2CCCN(c3ncc[nH]c3=O)C2)on1. The monoisotopic (exact) mass is 303 g/mol. The Morgan fingerprint density at radius 1 is 1.55 bits per heavy atom. The second-order valence-corrected chi connectivity index (χ2v) is 5.33. The first-order chi connectivity index (χ1) is 10.6. The van der Waals surface area contributed by atoms with E-state index in [2.05, 4.69) is 20.4 Å². The number of aromatic amines is 1. The molecule has 2 aromatic heterocycles. The first-order valence-corrected chi connectivity index (χ1v) is 7.16. The van der Waals surface area contributed by atoms with Crippen LogP contribution in [0.4, 0.5) is 5.82 Å². The van der Waals surface area contributed by atoms with Crippen LogP contribution in [0.3, 0.4) is 0 Å². The zero-order valence-corrected chi connectivity index (χ0v) is 12.2. The minimum atomic E-state index is -0.289. The molecule has 1 aliphatic rings. The van der Waals surface area contributed by atoms with Gasteiger partial charge in [0.2, 0.25) is 5.76 Å². The summed E-state index contributed by atoms with van der Waals surface area (Å²) in [6, 6.07) is 1.53. The summed E-state index contributed by atoms with van der Waals surface area (Å²) in [5.74, 6) is 0.296. The lowest BCUT2D eigenvalue weighted by Gasteiger charge is -2.33. The third-order valence-corrected chi connectivity index (χ3v) is 3.60. The number of hydrogen-bond acceptors (Lipinski definition) is 6. The van der Waals surface area contributed by atoms with Gasteiger partial charge in [-0.1, -0.05) is 5.16 Å². The largest absolute Gasteiger partial charge is 0.351 e. The summed E-state index contributed by atoms with van der Waals surface area (Å²) in [5.41, 5.74) is 0.441. The Labute approximate surface area is 126 Å². The average Bonchev–Trinajstić information content (AvgIpc) is 2.95. The molecule has 0 saturated carbocycles. The summed E-state index contributed by atoms with van der Waals surface area (Å²) in [6.07, 6.45) is 4.77. The number of rotatable bonds is 3. The van der Waals surface area contributed by atoms with Gasteiger partial charge in [0.05, 0.1) is 5.69 Å². The summed E-state index contributed by atoms with van der Waals surface area (Å²) in [6.45, 7) is 3.04. The quantitative estimate of drug-likeness (QED) is 0.854. The third kappa shape index (κ3) is 3.00. The molecule has 0 radical (unpaired) electrons. The van der Waals surface area contributed by atoms with Crippen LogP contribution in [0.2, 0.25) is 0 Å². The molecular formula is C14H17N5O3. The van der Waals surface area contributed by atoms with Gasteiger partial charge >= 0.3 is 0 Å². The number of anilines is 1. The van der Waals surface area contributed by atoms with E-state index in [0.29, 0.717) is 18.1 Å². The van der Waals surface area contributed by atoms with Gasteiger partial charge in [-0.05, 0) is 19.8 Å². The van der Waals surface area contributed by atoms with E-state index in [1.54, 1.807) is 19.2 Å². The number of hydrogen-bond donors (Lipinski definition) is 2. The number of piperidine rings is 1. The van der Waals surface area contributed by atoms with Crippen molar-refractivity contribution in [2.24, 2.45) is 0 Å². The lowest BCUT2D eigenvalue weighted by atomic mass is 10.1. The van der Waals surface area contributed by atoms with Gasteiger partial charge < -0.3 is 19.7 Å². The topological polar surface area (TPSA) is 104 Å². The molecule has 0 bridgehead atoms. The van der Waals surface area contributed by atoms with E-state index in [0.717, 1.165) is 19.4 Å². The van der Waals surface area contributed by atoms with Crippen molar-refractivity contribution in [1.82, 2.24) is 20.4 Å². The molecule has 1 saturated heterocycles. The first kappa shape index (κ1) is 14.3. The van der Waals surface area contributed by atoms with Crippen LogP contribution in [-0.2, 0) is 0 Å². The molecule has 3 rings (SSSR count). The van der Waals surface area contributed by atoms with Crippen molar-refractivity contribution >= 4 is 11.7 Å². The fourth-order valence-electron chi connectivity index (χ4n) is 2.58. The van der Waals surface area contributed by atoms with Gasteiger partial charge in [0.1, 0.15) is 0 Å². The predicted molar refractivity (Wildman–Crippen MR) is 78.8 cm³/mol. The van der Waals surface area contributed by atoms with Crippen LogP contribution >= 0.6 is 0 Å². The van der Waals surface area contributed by atoms with Gasteiger partial charge in [0, 0.05) is 37.6 Å². The maximum Gasteiger partial charge on any atom is 0.290 e. The lowest BCUT2D eigenvalue weighted by Crippen LogP contribution is -2.49. The molecule has 0 spiro atoms. The Hall–Kier alpha value is -2.64. The van der Waals surface area contributed by atoms with Crippen molar-refractivity contribution < 1.29 is 9.32 Å². The Balaban J connectivity index is 1.67. The molecule has 0 aromatic carbocycles. The van der Waals surface area contributed by atoms with Crippen molar-refractivity contribution in [2.45, 2.75) is 25.8 Å². The summed E-state index contributed by atoms with van der Waals surface area (Å²) in [5, 5.41) is 6.62. The second kappa shape index (κ2) is 6.00. The molecular weight excluding hydrogens is 286 g/mol. The van der Waals surface area contributed by atoms with Crippen molar-refractivity contribution in [3.63, 3.8) is 0 Å². The average molecular weight is 303 g/mol. The second-order valence-electron chi connectivity index (χ2n) is 5.33. The lowest BCUT2D eigenvalue weighted by molar-refractivity contribution is 0.0895. The van der Waals surface area contributed by atoms with Crippen LogP contribution in [0.1, 0.15) is 29.1 Å². The van der Waals surface area contributed by atoms with Crippen LogP contribution < -0.4 is 15.8 Å². The molecule has 116 valence electrons. The number of aryl methyl sites for hydroxylation is 1. The zero-order valence-electron chi connectivity index (χ0n) is 12.2. The highest BCUT2D eigenvalue weighted by atomic mass is 16.5. The number of carbonyl (C=O) groups is 1. The maximum absolute atomic E-state index is 12.1. The van der Waals surface area contributed by atoms with E-state index in [1.807, 2.05) is 4.90 Å². The molecule has 1 fully saturated rings. The van der Waals surface area contributed by atoms with E-state index in [1.165, 1.54) is 6.20 Å². The Morgan fingerprint density at radius 2 is 2.41 bits per heavy atom. The van der Waals surface area contributed by atoms with Crippen molar-refractivity contribution in [1.29, 1.82) is 0 Å². The molecule has 2 N–H and O–H groups in total. The van der Waals surface area contributed by atoms with Crippen molar-refractivity contribution in [3.8, 4) is 0 Å². The van der Waals surface area contributed by atoms with Crippen LogP contribution in [0.25, 0.3) is 0 Å². The summed E-state index contributed by atoms with van der Waals surface area (Å²) >= 11 is 0. The van der Waals surface area contributed by atoms with Crippen LogP contribution in [-0.4, -0.2) is 40.2 Å². The Bertz CT molecular complexity index is 723. The highest BCUT2D eigenvalue weighted by Gasteiger charge is 2.25. The smallest absolute Gasteiger partial charge is 0.290 e. The first-order valence-electron chi connectivity index (χ1n) is 7.16. The van der Waals surface area contributed by atoms with Gasteiger partial charge in [-0.25, -0.2) is 4.98 Å². The molecule has 0 unspecified atom stereocenters. The molecule has 1 amide bonds. The van der Waals surface area contributed by atoms with E-state index in [4.69, 9.17) is 4.52 Å². The number of H-pyrrole nitrogens is 1. The van der Waals surface area contributed by atoms with Gasteiger partial charge in [-0.2, -0.15) is 0 Å².